The molecule has 0 aliphatic heterocycles. The summed E-state index contributed by atoms with van der Waals surface area (Å²) in [5.74, 6) is 0. The molecular formula is C16H14N2OS. The number of aldehydes is 1. The highest BCUT2D eigenvalue weighted by Gasteiger charge is 2.12. The summed E-state index contributed by atoms with van der Waals surface area (Å²) < 4.78 is 1.77. The predicted molar refractivity (Wildman–Crippen MR) is 81.7 cm³/mol. The first-order chi connectivity index (χ1) is 9.67. The van der Waals surface area contributed by atoms with Crippen LogP contribution in [-0.4, -0.2) is 16.1 Å². The third-order valence-electron chi connectivity index (χ3n) is 3.14. The Morgan fingerprint density at radius 1 is 1.20 bits per heavy atom. The van der Waals surface area contributed by atoms with E-state index >= 15 is 0 Å². The van der Waals surface area contributed by atoms with Crippen LogP contribution in [-0.2, 0) is 0 Å². The van der Waals surface area contributed by atoms with E-state index in [-0.39, 0.29) is 0 Å². The van der Waals surface area contributed by atoms with Crippen molar-refractivity contribution >= 4 is 17.6 Å². The molecule has 0 saturated carbocycles. The molecule has 0 spiro atoms. The number of aryl methyl sites for hydroxylation is 2. The number of hydrogen-bond acceptors (Lipinski definition) is 3. The van der Waals surface area contributed by atoms with Crippen molar-refractivity contribution in [1.29, 1.82) is 0 Å². The molecule has 0 atom stereocenters. The molecular weight excluding hydrogens is 268 g/mol. The van der Waals surface area contributed by atoms with E-state index in [0.29, 0.717) is 5.56 Å². The number of rotatable bonds is 3. The van der Waals surface area contributed by atoms with Gasteiger partial charge in [0.25, 0.3) is 0 Å². The Hall–Kier alpha value is -2.20. The van der Waals surface area contributed by atoms with E-state index in [2.05, 4.69) is 37.1 Å². The zero-order valence-electron chi connectivity index (χ0n) is 11.3. The highest BCUT2D eigenvalue weighted by molar-refractivity contribution is 7.08. The average molecular weight is 282 g/mol. The van der Waals surface area contributed by atoms with Gasteiger partial charge in [0.2, 0.25) is 0 Å². The molecule has 1 aromatic carbocycles. The van der Waals surface area contributed by atoms with Gasteiger partial charge >= 0.3 is 0 Å². The van der Waals surface area contributed by atoms with Gasteiger partial charge in [-0.1, -0.05) is 6.07 Å². The predicted octanol–water partition coefficient (Wildman–Crippen LogP) is 4.03. The fourth-order valence-corrected chi connectivity index (χ4v) is 2.95. The third-order valence-corrected chi connectivity index (χ3v) is 3.82. The van der Waals surface area contributed by atoms with E-state index in [4.69, 9.17) is 0 Å². The normalized spacial score (nSPS) is 10.7. The van der Waals surface area contributed by atoms with E-state index < -0.39 is 0 Å². The van der Waals surface area contributed by atoms with Gasteiger partial charge in [0.05, 0.1) is 11.3 Å². The third kappa shape index (κ3) is 2.30. The van der Waals surface area contributed by atoms with Gasteiger partial charge in [-0.15, -0.1) is 0 Å². The molecule has 0 fully saturated rings. The molecule has 0 amide bonds. The molecule has 0 aliphatic rings. The number of nitrogens with zero attached hydrogens (tertiary/aromatic N) is 2. The molecule has 20 heavy (non-hydrogen) atoms. The quantitative estimate of drug-likeness (QED) is 0.680. The zero-order valence-corrected chi connectivity index (χ0v) is 12.1. The first kappa shape index (κ1) is 12.8. The lowest BCUT2D eigenvalue weighted by molar-refractivity contribution is 0.112. The minimum atomic E-state index is 0.613. The highest BCUT2D eigenvalue weighted by atomic mass is 32.1. The second kappa shape index (κ2) is 5.06. The summed E-state index contributed by atoms with van der Waals surface area (Å²) in [4.78, 5) is 11.3. The van der Waals surface area contributed by atoms with Crippen molar-refractivity contribution in [2.75, 3.05) is 0 Å². The maximum Gasteiger partial charge on any atom is 0.153 e. The molecule has 0 aliphatic carbocycles. The molecule has 0 bridgehead atoms. The maximum atomic E-state index is 11.3. The summed E-state index contributed by atoms with van der Waals surface area (Å²) in [7, 11) is 0. The van der Waals surface area contributed by atoms with Crippen LogP contribution in [0.15, 0.2) is 41.2 Å². The number of aromatic nitrogens is 2. The Kier molecular flexibility index (Phi) is 3.24. The Bertz CT molecular complexity index is 737. The number of carbonyl (C=O) groups excluding carboxylic acids is 1. The van der Waals surface area contributed by atoms with Crippen molar-refractivity contribution in [1.82, 2.24) is 9.78 Å². The summed E-state index contributed by atoms with van der Waals surface area (Å²) in [6, 6.07) is 8.22. The summed E-state index contributed by atoms with van der Waals surface area (Å²) >= 11 is 1.60. The van der Waals surface area contributed by atoms with Crippen molar-refractivity contribution in [2.45, 2.75) is 13.8 Å². The van der Waals surface area contributed by atoms with Crippen LogP contribution in [0.1, 0.15) is 21.5 Å². The van der Waals surface area contributed by atoms with E-state index in [1.54, 1.807) is 22.2 Å². The number of thiophene rings is 1. The molecule has 100 valence electrons. The van der Waals surface area contributed by atoms with E-state index in [9.17, 15) is 4.79 Å². The van der Waals surface area contributed by atoms with Crippen molar-refractivity contribution in [3.05, 3.63) is 57.9 Å². The van der Waals surface area contributed by atoms with Gasteiger partial charge in [0, 0.05) is 17.1 Å². The zero-order chi connectivity index (χ0) is 14.1. The van der Waals surface area contributed by atoms with Gasteiger partial charge in [-0.05, 0) is 48.6 Å². The van der Waals surface area contributed by atoms with Crippen molar-refractivity contribution in [2.24, 2.45) is 0 Å². The molecule has 0 radical (unpaired) electrons. The largest absolute Gasteiger partial charge is 0.298 e. The Labute approximate surface area is 121 Å². The van der Waals surface area contributed by atoms with Crippen LogP contribution >= 0.6 is 11.3 Å². The van der Waals surface area contributed by atoms with Crippen LogP contribution < -0.4 is 0 Å². The van der Waals surface area contributed by atoms with Crippen LogP contribution in [0, 0.1) is 13.8 Å². The number of hydrogen-bond donors (Lipinski definition) is 0. The summed E-state index contributed by atoms with van der Waals surface area (Å²) in [5, 5.41) is 8.56. The SMILES string of the molecule is Cc1cc(C)cc(-n2cc(C=O)c(-c3ccsc3)n2)c1. The van der Waals surface area contributed by atoms with E-state index in [0.717, 1.165) is 23.2 Å². The molecule has 0 unspecified atom stereocenters. The fraction of sp³-hybridized carbons (Fsp3) is 0.125. The van der Waals surface area contributed by atoms with Gasteiger partial charge in [-0.25, -0.2) is 4.68 Å². The van der Waals surface area contributed by atoms with Crippen molar-refractivity contribution < 1.29 is 4.79 Å². The minimum Gasteiger partial charge on any atom is -0.298 e. The monoisotopic (exact) mass is 282 g/mol. The highest BCUT2D eigenvalue weighted by Crippen LogP contribution is 2.25. The molecule has 0 N–H and O–H groups in total. The molecule has 2 aromatic heterocycles. The molecule has 3 aromatic rings. The average Bonchev–Trinajstić information content (AvgIpc) is 3.06. The number of carbonyl (C=O) groups is 1. The molecule has 4 heteroatoms. The molecule has 3 nitrogen and oxygen atoms in total. The number of benzene rings is 1. The van der Waals surface area contributed by atoms with Crippen LogP contribution in [0.25, 0.3) is 16.9 Å². The first-order valence-corrected chi connectivity index (χ1v) is 7.28. The Morgan fingerprint density at radius 3 is 2.55 bits per heavy atom. The van der Waals surface area contributed by atoms with Crippen molar-refractivity contribution in [3.63, 3.8) is 0 Å². The standard InChI is InChI=1S/C16H14N2OS/c1-11-5-12(2)7-15(6-11)18-8-14(9-19)16(17-18)13-3-4-20-10-13/h3-10H,1-2H3. The van der Waals surface area contributed by atoms with E-state index in [1.807, 2.05) is 16.8 Å². The van der Waals surface area contributed by atoms with Crippen LogP contribution in [0.2, 0.25) is 0 Å². The van der Waals surface area contributed by atoms with Gasteiger partial charge in [-0.2, -0.15) is 16.4 Å². The summed E-state index contributed by atoms with van der Waals surface area (Å²) in [6.07, 6.45) is 2.65. The first-order valence-electron chi connectivity index (χ1n) is 6.33. The van der Waals surface area contributed by atoms with Crippen LogP contribution in [0.4, 0.5) is 0 Å². The second-order valence-corrected chi connectivity index (χ2v) is 5.63. The second-order valence-electron chi connectivity index (χ2n) is 4.85. The van der Waals surface area contributed by atoms with Gasteiger partial charge in [0.15, 0.2) is 6.29 Å². The summed E-state index contributed by atoms with van der Waals surface area (Å²) in [5.41, 5.74) is 5.68. The van der Waals surface area contributed by atoms with Gasteiger partial charge in [0.1, 0.15) is 5.69 Å². The lowest BCUT2D eigenvalue weighted by atomic mass is 10.1. The molecule has 3 rings (SSSR count). The Morgan fingerprint density at radius 2 is 1.95 bits per heavy atom. The lowest BCUT2D eigenvalue weighted by Crippen LogP contribution is -1.96. The summed E-state index contributed by atoms with van der Waals surface area (Å²) in [6.45, 7) is 4.11. The fourth-order valence-electron chi connectivity index (χ4n) is 2.31. The molecule has 0 saturated heterocycles. The van der Waals surface area contributed by atoms with Gasteiger partial charge in [-0.3, -0.25) is 4.79 Å². The van der Waals surface area contributed by atoms with Crippen LogP contribution in [0.5, 0.6) is 0 Å². The van der Waals surface area contributed by atoms with Crippen molar-refractivity contribution in [3.8, 4) is 16.9 Å². The topological polar surface area (TPSA) is 34.9 Å². The minimum absolute atomic E-state index is 0.613. The smallest absolute Gasteiger partial charge is 0.153 e. The van der Waals surface area contributed by atoms with Gasteiger partial charge < -0.3 is 0 Å². The van der Waals surface area contributed by atoms with Crippen LogP contribution in [0.3, 0.4) is 0 Å². The van der Waals surface area contributed by atoms with E-state index in [1.165, 1.54) is 11.1 Å². The lowest BCUT2D eigenvalue weighted by Gasteiger charge is -2.04. The maximum absolute atomic E-state index is 11.3. The Balaban J connectivity index is 2.14. The molecule has 2 heterocycles.